The summed E-state index contributed by atoms with van der Waals surface area (Å²) in [5.41, 5.74) is -2.03. The van der Waals surface area contributed by atoms with Gasteiger partial charge in [-0.3, -0.25) is 4.79 Å². The first kappa shape index (κ1) is 64.8. The molecule has 0 bridgehead atoms. The number of carboxylic acids is 1. The van der Waals surface area contributed by atoms with Crippen molar-refractivity contribution in [1.29, 1.82) is 0 Å². The topological polar surface area (TPSA) is 98.0 Å². The highest BCUT2D eigenvalue weighted by Gasteiger charge is 2.56. The number of hydrogen-bond donors (Lipinski definition) is 8. The van der Waals surface area contributed by atoms with Crippen molar-refractivity contribution in [3.8, 4) is 0 Å². The smallest absolute Gasteiger partial charge is 0.310 e. The maximum atomic E-state index is 14.5. The Morgan fingerprint density at radius 3 is 0.891 bits per heavy atom. The lowest BCUT2D eigenvalue weighted by molar-refractivity contribution is -0.168. The van der Waals surface area contributed by atoms with Crippen LogP contribution in [0.2, 0.25) is 0 Å². The normalized spacial score (nSPS) is 16.8. The zero-order valence-electron chi connectivity index (χ0n) is 42.6. The molecule has 0 heterocycles. The van der Waals surface area contributed by atoms with Gasteiger partial charge in [0.1, 0.15) is 6.10 Å². The number of hydrogen-bond acceptors (Lipinski definition) is 8. The van der Waals surface area contributed by atoms with Gasteiger partial charge in [-0.2, -0.15) is 50.5 Å². The summed E-state index contributed by atoms with van der Waals surface area (Å²) in [5, 5.41) is 45.2. The Hall–Kier alpha value is 0.750. The molecule has 6 atom stereocenters. The van der Waals surface area contributed by atoms with E-state index in [1.807, 2.05) is 0 Å². The molecule has 0 saturated carbocycles. The Kier molecular flexibility index (Phi) is 44.3. The van der Waals surface area contributed by atoms with E-state index in [1.54, 1.807) is 0 Å². The molecule has 0 rings (SSSR count). The van der Waals surface area contributed by atoms with Gasteiger partial charge in [-0.1, -0.05) is 207 Å². The van der Waals surface area contributed by atoms with Crippen LogP contribution in [0.25, 0.3) is 0 Å². The van der Waals surface area contributed by atoms with Gasteiger partial charge in [-0.15, -0.1) is 0 Å². The minimum absolute atomic E-state index is 0.0874. The van der Waals surface area contributed by atoms with Crippen molar-refractivity contribution in [2.75, 3.05) is 6.61 Å². The van der Waals surface area contributed by atoms with Crippen molar-refractivity contribution < 1.29 is 25.2 Å². The number of aliphatic carboxylic acids is 1. The molecular formula is C55H110O5S4. The SMILES string of the molecule is CCCCCCCCCC(S)CCC(CCC(S)CCCCCCCCC)(C[C@H](O)[C@H](O)CO)C(CCC(S)CCCCCCCCC)(CCC(S)CCCCCCCCC)C(=O)O. The molecular weight excluding hydrogens is 869 g/mol. The van der Waals surface area contributed by atoms with Gasteiger partial charge in [-0.25, -0.2) is 0 Å². The highest BCUT2D eigenvalue weighted by atomic mass is 32.1. The van der Waals surface area contributed by atoms with E-state index >= 15 is 0 Å². The molecule has 0 aliphatic carbocycles. The molecule has 0 aliphatic rings. The molecule has 4 unspecified atom stereocenters. The summed E-state index contributed by atoms with van der Waals surface area (Å²) in [7, 11) is 0. The van der Waals surface area contributed by atoms with Crippen LogP contribution < -0.4 is 0 Å². The minimum Gasteiger partial charge on any atom is -0.481 e. The van der Waals surface area contributed by atoms with Crippen LogP contribution >= 0.6 is 50.5 Å². The Morgan fingerprint density at radius 2 is 0.641 bits per heavy atom. The fourth-order valence-electron chi connectivity index (χ4n) is 10.4. The second kappa shape index (κ2) is 43.7. The molecule has 0 spiro atoms. The molecule has 0 aromatic heterocycles. The summed E-state index contributed by atoms with van der Waals surface area (Å²) < 4.78 is 0. The van der Waals surface area contributed by atoms with E-state index in [2.05, 4.69) is 27.7 Å². The molecule has 0 fully saturated rings. The summed E-state index contributed by atoms with van der Waals surface area (Å²) in [5.74, 6) is -0.795. The van der Waals surface area contributed by atoms with Crippen LogP contribution in [0.1, 0.15) is 291 Å². The second-order valence-corrected chi connectivity index (χ2v) is 23.5. The number of thiol groups is 4. The lowest BCUT2D eigenvalue weighted by Crippen LogP contribution is -2.52. The zero-order chi connectivity index (χ0) is 47.7. The maximum Gasteiger partial charge on any atom is 0.310 e. The molecule has 0 radical (unpaired) electrons. The van der Waals surface area contributed by atoms with Crippen molar-refractivity contribution in [3.05, 3.63) is 0 Å². The van der Waals surface area contributed by atoms with E-state index in [1.165, 1.54) is 154 Å². The summed E-state index contributed by atoms with van der Waals surface area (Å²) >= 11 is 20.6. The van der Waals surface area contributed by atoms with Gasteiger partial charge in [0.05, 0.1) is 18.1 Å². The first-order valence-corrected chi connectivity index (χ1v) is 29.9. The number of aliphatic hydroxyl groups excluding tert-OH is 3. The van der Waals surface area contributed by atoms with Crippen LogP contribution in [0, 0.1) is 10.8 Å². The second-order valence-electron chi connectivity index (χ2n) is 20.6. The van der Waals surface area contributed by atoms with Crippen LogP contribution in [0.15, 0.2) is 0 Å². The van der Waals surface area contributed by atoms with Gasteiger partial charge < -0.3 is 20.4 Å². The average Bonchev–Trinajstić information content (AvgIpc) is 3.28. The van der Waals surface area contributed by atoms with Crippen LogP contribution in [0.5, 0.6) is 0 Å². The predicted molar refractivity (Wildman–Crippen MR) is 295 cm³/mol. The van der Waals surface area contributed by atoms with Gasteiger partial charge in [0, 0.05) is 21.0 Å². The lowest BCUT2D eigenvalue weighted by Gasteiger charge is -2.51. The third-order valence-corrected chi connectivity index (χ3v) is 17.0. The molecule has 9 heteroatoms. The molecule has 0 aliphatic heterocycles. The Morgan fingerprint density at radius 1 is 0.391 bits per heavy atom. The fourth-order valence-corrected chi connectivity index (χ4v) is 11.6. The van der Waals surface area contributed by atoms with Crippen LogP contribution in [-0.4, -0.2) is 66.2 Å². The van der Waals surface area contributed by atoms with Crippen molar-refractivity contribution >= 4 is 56.5 Å². The van der Waals surface area contributed by atoms with Crippen molar-refractivity contribution in [2.45, 2.75) is 324 Å². The van der Waals surface area contributed by atoms with Crippen molar-refractivity contribution in [3.63, 3.8) is 0 Å². The first-order valence-electron chi connectivity index (χ1n) is 27.8. The standard InChI is InChI=1S/C55H110O5S4/c1-5-9-13-17-21-25-29-33-47(61)37-41-54(45-51(57)52(58)46-56,42-38-48(62)34-30-26-22-18-14-10-6-2)55(53(59)60,43-39-49(63)35-31-27-23-19-15-11-7-3)44-40-50(64)36-32-28-24-20-16-12-8-4/h47-52,56-58,61-64H,5-46H2,1-4H3,(H,59,60)/t47?,48?,49?,50?,51-,52+,54?,55?/m0/s1. The molecule has 0 saturated heterocycles. The lowest BCUT2D eigenvalue weighted by atomic mass is 9.52. The number of unbranched alkanes of at least 4 members (excludes halogenated alkanes) is 24. The first-order chi connectivity index (χ1) is 30.9. The summed E-state index contributed by atoms with van der Waals surface area (Å²) in [4.78, 5) is 14.5. The fraction of sp³-hybridized carbons (Fsp3) is 0.982. The molecule has 5 nitrogen and oxygen atoms in total. The van der Waals surface area contributed by atoms with E-state index in [9.17, 15) is 25.2 Å². The van der Waals surface area contributed by atoms with Crippen LogP contribution in [0.4, 0.5) is 0 Å². The number of carboxylic acid groups (broad SMARTS) is 1. The van der Waals surface area contributed by atoms with Crippen LogP contribution in [0.3, 0.4) is 0 Å². The van der Waals surface area contributed by atoms with Gasteiger partial charge in [0.25, 0.3) is 0 Å². The number of rotatable bonds is 50. The third-order valence-electron chi connectivity index (χ3n) is 14.9. The van der Waals surface area contributed by atoms with E-state index in [4.69, 9.17) is 50.5 Å². The van der Waals surface area contributed by atoms with Gasteiger partial charge in [0.15, 0.2) is 0 Å². The summed E-state index contributed by atoms with van der Waals surface area (Å²) in [6.45, 7) is 8.45. The van der Waals surface area contributed by atoms with Crippen molar-refractivity contribution in [2.24, 2.45) is 10.8 Å². The minimum atomic E-state index is -1.34. The quantitative estimate of drug-likeness (QED) is 0.0229. The number of carbonyl (C=O) groups is 1. The molecule has 0 aromatic carbocycles. The monoisotopic (exact) mass is 979 g/mol. The Labute approximate surface area is 420 Å². The van der Waals surface area contributed by atoms with E-state index in [0.29, 0.717) is 38.5 Å². The summed E-state index contributed by atoms with van der Waals surface area (Å²) in [6.07, 6.45) is 41.0. The van der Waals surface area contributed by atoms with E-state index < -0.39 is 35.6 Å². The van der Waals surface area contributed by atoms with Gasteiger partial charge >= 0.3 is 5.97 Å². The highest BCUT2D eigenvalue weighted by Crippen LogP contribution is 2.57. The average molecular weight is 980 g/mol. The predicted octanol–water partition coefficient (Wildman–Crippen LogP) is 17.0. The molecule has 64 heavy (non-hydrogen) atoms. The summed E-state index contributed by atoms with van der Waals surface area (Å²) in [6, 6.07) is 0. The molecule has 4 N–H and O–H groups in total. The van der Waals surface area contributed by atoms with E-state index in [0.717, 1.165) is 64.2 Å². The van der Waals surface area contributed by atoms with Crippen LogP contribution in [-0.2, 0) is 4.79 Å². The third kappa shape index (κ3) is 31.8. The molecule has 0 amide bonds. The maximum absolute atomic E-state index is 14.5. The zero-order valence-corrected chi connectivity index (χ0v) is 46.2. The van der Waals surface area contributed by atoms with E-state index in [-0.39, 0.29) is 27.4 Å². The van der Waals surface area contributed by atoms with Gasteiger partial charge in [-0.05, 0) is 88.9 Å². The molecule has 0 aromatic rings. The Bertz CT molecular complexity index is 963. The Balaban J connectivity index is 6.82. The molecule has 384 valence electrons. The largest absolute Gasteiger partial charge is 0.481 e. The number of aliphatic hydroxyl groups is 3. The highest BCUT2D eigenvalue weighted by molar-refractivity contribution is 7.81. The van der Waals surface area contributed by atoms with Gasteiger partial charge in [0.2, 0.25) is 0 Å². The van der Waals surface area contributed by atoms with Crippen molar-refractivity contribution in [1.82, 2.24) is 0 Å².